The minimum Gasteiger partial charge on any atom is -0.481 e. The number of hydrogen-bond donors (Lipinski definition) is 2. The molecule has 0 radical (unpaired) electrons. The van der Waals surface area contributed by atoms with Crippen molar-refractivity contribution in [3.05, 3.63) is 0 Å². The quantitative estimate of drug-likeness (QED) is 0.725. The molecule has 0 aromatic rings. The second-order valence-electron chi connectivity index (χ2n) is 4.53. The lowest BCUT2D eigenvalue weighted by Crippen LogP contribution is -2.51. The first-order chi connectivity index (χ1) is 7.84. The van der Waals surface area contributed by atoms with Crippen LogP contribution in [0.5, 0.6) is 0 Å². The van der Waals surface area contributed by atoms with Gasteiger partial charge in [0, 0.05) is 12.8 Å². The fraction of sp³-hybridized carbons (Fsp3) is 0.818. The van der Waals surface area contributed by atoms with Crippen molar-refractivity contribution < 1.29 is 23.5 Å². The van der Waals surface area contributed by atoms with Crippen molar-refractivity contribution in [2.75, 3.05) is 0 Å². The van der Waals surface area contributed by atoms with Crippen molar-refractivity contribution in [2.45, 2.75) is 50.5 Å². The van der Waals surface area contributed by atoms with E-state index in [1.165, 1.54) is 0 Å². The van der Waals surface area contributed by atoms with Crippen molar-refractivity contribution in [1.29, 1.82) is 0 Å². The maximum atomic E-state index is 13.0. The van der Waals surface area contributed by atoms with E-state index < -0.39 is 30.1 Å². The van der Waals surface area contributed by atoms with E-state index in [0.717, 1.165) is 0 Å². The molecule has 4 nitrogen and oxygen atoms in total. The number of carboxylic acid groups (broad SMARTS) is 1. The van der Waals surface area contributed by atoms with Crippen molar-refractivity contribution >= 4 is 11.8 Å². The van der Waals surface area contributed by atoms with E-state index in [1.54, 1.807) is 0 Å². The van der Waals surface area contributed by atoms with Crippen molar-refractivity contribution in [1.82, 2.24) is 0 Å². The van der Waals surface area contributed by atoms with Gasteiger partial charge in [0.05, 0.1) is 6.04 Å². The number of nitrogens with two attached hydrogens (primary N) is 1. The number of alkyl halides is 2. The highest BCUT2D eigenvalue weighted by Gasteiger charge is 2.48. The summed E-state index contributed by atoms with van der Waals surface area (Å²) >= 11 is 0. The van der Waals surface area contributed by atoms with E-state index in [4.69, 9.17) is 10.8 Å². The predicted octanol–water partition coefficient (Wildman–Crippen LogP) is 1.57. The maximum absolute atomic E-state index is 13.0. The highest BCUT2D eigenvalue weighted by atomic mass is 19.3. The Balaban J connectivity index is 2.36. The molecule has 1 saturated carbocycles. The van der Waals surface area contributed by atoms with E-state index in [1.807, 2.05) is 0 Å². The first kappa shape index (κ1) is 14.0. The summed E-state index contributed by atoms with van der Waals surface area (Å²) < 4.78 is 26.0. The number of carbonyl (C=O) groups is 2. The highest BCUT2D eigenvalue weighted by Crippen LogP contribution is 2.35. The van der Waals surface area contributed by atoms with Gasteiger partial charge in [0.2, 0.25) is 5.78 Å². The number of rotatable bonds is 5. The molecule has 2 atom stereocenters. The average Bonchev–Trinajstić information content (AvgIpc) is 2.24. The zero-order valence-corrected chi connectivity index (χ0v) is 9.49. The van der Waals surface area contributed by atoms with Gasteiger partial charge in [-0.05, 0) is 25.2 Å². The lowest BCUT2D eigenvalue weighted by Gasteiger charge is -2.32. The van der Waals surface area contributed by atoms with Crippen LogP contribution < -0.4 is 5.73 Å². The van der Waals surface area contributed by atoms with Gasteiger partial charge in [-0.15, -0.1) is 0 Å². The fourth-order valence-corrected chi connectivity index (χ4v) is 2.13. The molecule has 0 aromatic heterocycles. The first-order valence-corrected chi connectivity index (χ1v) is 5.74. The van der Waals surface area contributed by atoms with Crippen LogP contribution in [0.4, 0.5) is 8.78 Å². The molecule has 6 heteroatoms. The molecular formula is C11H17F2NO3. The van der Waals surface area contributed by atoms with Crippen LogP contribution in [0.2, 0.25) is 0 Å². The number of hydrogen-bond acceptors (Lipinski definition) is 3. The van der Waals surface area contributed by atoms with Crippen LogP contribution in [-0.4, -0.2) is 28.8 Å². The summed E-state index contributed by atoms with van der Waals surface area (Å²) in [5, 5.41) is 8.44. The number of carbonyl (C=O) groups excluding carboxylic acids is 1. The maximum Gasteiger partial charge on any atom is 0.306 e. The molecule has 0 aromatic carbocycles. The Morgan fingerprint density at radius 2 is 2.12 bits per heavy atom. The molecule has 1 fully saturated rings. The molecular weight excluding hydrogens is 232 g/mol. The van der Waals surface area contributed by atoms with Crippen LogP contribution >= 0.6 is 0 Å². The summed E-state index contributed by atoms with van der Waals surface area (Å²) in [6.07, 6.45) is 1.48. The second kappa shape index (κ2) is 5.53. The minimum absolute atomic E-state index is 0.0616. The normalized spacial score (nSPS) is 28.1. The number of aliphatic carboxylic acids is 1. The monoisotopic (exact) mass is 249 g/mol. The number of ketones is 1. The summed E-state index contributed by atoms with van der Waals surface area (Å²) in [4.78, 5) is 21.5. The predicted molar refractivity (Wildman–Crippen MR) is 56.8 cm³/mol. The molecule has 0 aliphatic heterocycles. The van der Waals surface area contributed by atoms with E-state index in [9.17, 15) is 18.4 Å². The lowest BCUT2D eigenvalue weighted by atomic mass is 9.79. The zero-order chi connectivity index (χ0) is 13.1. The third-order valence-corrected chi connectivity index (χ3v) is 3.22. The average molecular weight is 249 g/mol. The zero-order valence-electron chi connectivity index (χ0n) is 9.49. The molecule has 1 rings (SSSR count). The van der Waals surface area contributed by atoms with E-state index >= 15 is 0 Å². The van der Waals surface area contributed by atoms with Gasteiger partial charge in [-0.3, -0.25) is 9.59 Å². The number of carboxylic acids is 1. The molecule has 0 amide bonds. The highest BCUT2D eigenvalue weighted by molar-refractivity contribution is 5.91. The van der Waals surface area contributed by atoms with Crippen molar-refractivity contribution in [3.8, 4) is 0 Å². The molecule has 0 bridgehead atoms. The fourth-order valence-electron chi connectivity index (χ4n) is 2.13. The van der Waals surface area contributed by atoms with Crippen LogP contribution in [0, 0.1) is 5.92 Å². The van der Waals surface area contributed by atoms with Crippen LogP contribution in [-0.2, 0) is 9.59 Å². The Labute approximate surface area is 98.2 Å². The van der Waals surface area contributed by atoms with Crippen LogP contribution in [0.25, 0.3) is 0 Å². The molecule has 98 valence electrons. The molecule has 3 N–H and O–H groups in total. The SMILES string of the molecule is N[C@@H]1C(=O)C(F)(F)CCC1CCCCC(=O)O. The van der Waals surface area contributed by atoms with E-state index in [2.05, 4.69) is 0 Å². The van der Waals surface area contributed by atoms with Gasteiger partial charge in [0.25, 0.3) is 0 Å². The molecule has 1 unspecified atom stereocenters. The molecule has 17 heavy (non-hydrogen) atoms. The minimum atomic E-state index is -3.28. The Hall–Kier alpha value is -1.04. The Morgan fingerprint density at radius 1 is 1.47 bits per heavy atom. The lowest BCUT2D eigenvalue weighted by molar-refractivity contribution is -0.152. The summed E-state index contributed by atoms with van der Waals surface area (Å²) in [5.41, 5.74) is 5.49. The summed E-state index contributed by atoms with van der Waals surface area (Å²) in [5.74, 6) is -5.57. The molecule has 0 heterocycles. The third-order valence-electron chi connectivity index (χ3n) is 3.22. The third kappa shape index (κ3) is 3.73. The second-order valence-corrected chi connectivity index (χ2v) is 4.53. The van der Waals surface area contributed by atoms with Gasteiger partial charge >= 0.3 is 11.9 Å². The van der Waals surface area contributed by atoms with Crippen molar-refractivity contribution in [3.63, 3.8) is 0 Å². The molecule has 1 aliphatic rings. The molecule has 0 saturated heterocycles. The molecule has 1 aliphatic carbocycles. The Morgan fingerprint density at radius 3 is 2.71 bits per heavy atom. The van der Waals surface area contributed by atoms with Gasteiger partial charge in [-0.2, -0.15) is 8.78 Å². The topological polar surface area (TPSA) is 80.4 Å². The van der Waals surface area contributed by atoms with Crippen LogP contribution in [0.1, 0.15) is 38.5 Å². The van der Waals surface area contributed by atoms with Gasteiger partial charge < -0.3 is 10.8 Å². The summed E-state index contributed by atoms with van der Waals surface area (Å²) in [7, 11) is 0. The smallest absolute Gasteiger partial charge is 0.306 e. The van der Waals surface area contributed by atoms with E-state index in [-0.39, 0.29) is 18.8 Å². The molecule has 0 spiro atoms. The van der Waals surface area contributed by atoms with Crippen LogP contribution in [0.3, 0.4) is 0 Å². The van der Waals surface area contributed by atoms with Crippen molar-refractivity contribution in [2.24, 2.45) is 11.7 Å². The van der Waals surface area contributed by atoms with Gasteiger partial charge in [-0.25, -0.2) is 0 Å². The van der Waals surface area contributed by atoms with Gasteiger partial charge in [0.15, 0.2) is 0 Å². The van der Waals surface area contributed by atoms with Crippen LogP contribution in [0.15, 0.2) is 0 Å². The first-order valence-electron chi connectivity index (χ1n) is 5.74. The Bertz CT molecular complexity index is 307. The number of Topliss-reactive ketones (excluding diaryl/α,β-unsaturated/α-hetero) is 1. The number of halogens is 2. The number of unbranched alkanes of at least 4 members (excludes halogenated alkanes) is 1. The largest absolute Gasteiger partial charge is 0.481 e. The summed E-state index contributed by atoms with van der Waals surface area (Å²) in [6, 6.07) is -1.11. The summed E-state index contributed by atoms with van der Waals surface area (Å²) in [6.45, 7) is 0. The van der Waals surface area contributed by atoms with Gasteiger partial charge in [-0.1, -0.05) is 6.42 Å². The standard InChI is InChI=1S/C11H17F2NO3/c12-11(13)6-5-7(9(14)10(11)17)3-1-2-4-8(15)16/h7,9H,1-6,14H2,(H,15,16)/t7?,9-/m0/s1. The van der Waals surface area contributed by atoms with E-state index in [0.29, 0.717) is 19.3 Å². The Kier molecular flexibility index (Phi) is 4.56. The van der Waals surface area contributed by atoms with Gasteiger partial charge in [0.1, 0.15) is 0 Å².